The van der Waals surface area contributed by atoms with Crippen LogP contribution in [0.5, 0.6) is 5.75 Å². The third kappa shape index (κ3) is 3.99. The lowest BCUT2D eigenvalue weighted by molar-refractivity contribution is 0.0934. The van der Waals surface area contributed by atoms with E-state index in [2.05, 4.69) is 10.3 Å². The number of rotatable bonds is 6. The van der Waals surface area contributed by atoms with Gasteiger partial charge in [-0.15, -0.1) is 0 Å². The lowest BCUT2D eigenvalue weighted by atomic mass is 10.1. The van der Waals surface area contributed by atoms with Crippen molar-refractivity contribution in [3.8, 4) is 5.75 Å². The number of benzene rings is 2. The van der Waals surface area contributed by atoms with Crippen LogP contribution < -0.4 is 10.1 Å². The second-order valence-corrected chi connectivity index (χ2v) is 6.15. The monoisotopic (exact) mass is 340 g/mol. The molecule has 1 aromatic heterocycles. The number of fused-ring (bicyclic) bond motifs is 1. The van der Waals surface area contributed by atoms with E-state index in [1.54, 1.807) is 25.3 Å². The Kier molecular flexibility index (Phi) is 5.03. The van der Waals surface area contributed by atoms with Gasteiger partial charge in [0, 0.05) is 16.9 Å². The normalized spacial score (nSPS) is 12.1. The SMILES string of the molecule is COc1ccc(CCC(C)NC(=O)c2cc3c(F)cccc3[nH]2)cc1. The Bertz CT molecular complexity index is 871. The molecule has 1 heterocycles. The fraction of sp³-hybridized carbons (Fsp3) is 0.250. The van der Waals surface area contributed by atoms with E-state index in [-0.39, 0.29) is 17.8 Å². The molecule has 0 aliphatic heterocycles. The van der Waals surface area contributed by atoms with Crippen LogP contribution in [-0.2, 0) is 6.42 Å². The number of aryl methyl sites for hydroxylation is 1. The number of ether oxygens (including phenoxy) is 1. The van der Waals surface area contributed by atoms with E-state index in [1.807, 2.05) is 31.2 Å². The highest BCUT2D eigenvalue weighted by Crippen LogP contribution is 2.19. The summed E-state index contributed by atoms with van der Waals surface area (Å²) in [6, 6.07) is 14.2. The highest BCUT2D eigenvalue weighted by atomic mass is 19.1. The number of H-pyrrole nitrogens is 1. The third-order valence-electron chi connectivity index (χ3n) is 4.26. The number of aromatic amines is 1. The first kappa shape index (κ1) is 17.0. The van der Waals surface area contributed by atoms with Gasteiger partial charge in [0.15, 0.2) is 0 Å². The molecule has 0 fully saturated rings. The molecular weight excluding hydrogens is 319 g/mol. The van der Waals surface area contributed by atoms with Crippen molar-refractivity contribution in [2.75, 3.05) is 7.11 Å². The van der Waals surface area contributed by atoms with Gasteiger partial charge in [0.2, 0.25) is 0 Å². The van der Waals surface area contributed by atoms with E-state index in [4.69, 9.17) is 4.74 Å². The number of amides is 1. The standard InChI is InChI=1S/C20H21FN2O2/c1-13(6-7-14-8-10-15(25-2)11-9-14)22-20(24)19-12-16-17(21)4-3-5-18(16)23-19/h3-5,8-13,23H,6-7H2,1-2H3,(H,22,24). The van der Waals surface area contributed by atoms with Crippen molar-refractivity contribution in [2.24, 2.45) is 0 Å². The van der Waals surface area contributed by atoms with Gasteiger partial charge in [-0.25, -0.2) is 4.39 Å². The Morgan fingerprint density at radius 3 is 2.68 bits per heavy atom. The second kappa shape index (κ2) is 7.38. The number of hydrogen-bond donors (Lipinski definition) is 2. The zero-order chi connectivity index (χ0) is 17.8. The van der Waals surface area contributed by atoms with Crippen LogP contribution in [0.15, 0.2) is 48.5 Å². The number of aromatic nitrogens is 1. The maximum atomic E-state index is 13.7. The molecule has 2 aromatic carbocycles. The van der Waals surface area contributed by atoms with Gasteiger partial charge < -0.3 is 15.0 Å². The topological polar surface area (TPSA) is 54.1 Å². The Labute approximate surface area is 146 Å². The first-order chi connectivity index (χ1) is 12.1. The summed E-state index contributed by atoms with van der Waals surface area (Å²) in [5.41, 5.74) is 2.18. The predicted octanol–water partition coefficient (Wildman–Crippen LogP) is 4.07. The molecule has 0 radical (unpaired) electrons. The Hall–Kier alpha value is -2.82. The average molecular weight is 340 g/mol. The molecular formula is C20H21FN2O2. The Morgan fingerprint density at radius 1 is 1.24 bits per heavy atom. The summed E-state index contributed by atoms with van der Waals surface area (Å²) in [7, 11) is 1.64. The van der Waals surface area contributed by atoms with Crippen LogP contribution in [0.3, 0.4) is 0 Å². The minimum atomic E-state index is -0.333. The maximum Gasteiger partial charge on any atom is 0.267 e. The lowest BCUT2D eigenvalue weighted by Gasteiger charge is -2.13. The molecule has 25 heavy (non-hydrogen) atoms. The van der Waals surface area contributed by atoms with Gasteiger partial charge in [-0.1, -0.05) is 18.2 Å². The fourth-order valence-corrected chi connectivity index (χ4v) is 2.79. The summed E-state index contributed by atoms with van der Waals surface area (Å²) in [5, 5.41) is 3.38. The van der Waals surface area contributed by atoms with Crippen LogP contribution in [0.25, 0.3) is 10.9 Å². The quantitative estimate of drug-likeness (QED) is 0.711. The summed E-state index contributed by atoms with van der Waals surface area (Å²) >= 11 is 0. The first-order valence-electron chi connectivity index (χ1n) is 8.28. The van der Waals surface area contributed by atoms with Crippen molar-refractivity contribution >= 4 is 16.8 Å². The molecule has 130 valence electrons. The number of hydrogen-bond acceptors (Lipinski definition) is 2. The maximum absolute atomic E-state index is 13.7. The molecule has 1 atom stereocenters. The van der Waals surface area contributed by atoms with E-state index in [1.165, 1.54) is 11.6 Å². The summed E-state index contributed by atoms with van der Waals surface area (Å²) in [6.07, 6.45) is 1.67. The van der Waals surface area contributed by atoms with Crippen LogP contribution in [0.1, 0.15) is 29.4 Å². The molecule has 0 bridgehead atoms. The van der Waals surface area contributed by atoms with Gasteiger partial charge >= 0.3 is 0 Å². The molecule has 5 heteroatoms. The highest BCUT2D eigenvalue weighted by molar-refractivity contribution is 5.98. The fourth-order valence-electron chi connectivity index (χ4n) is 2.79. The molecule has 0 aliphatic rings. The van der Waals surface area contributed by atoms with E-state index in [9.17, 15) is 9.18 Å². The first-order valence-corrected chi connectivity index (χ1v) is 8.28. The second-order valence-electron chi connectivity index (χ2n) is 6.15. The molecule has 4 nitrogen and oxygen atoms in total. The molecule has 1 unspecified atom stereocenters. The smallest absolute Gasteiger partial charge is 0.267 e. The lowest BCUT2D eigenvalue weighted by Crippen LogP contribution is -2.33. The number of halogens is 1. The number of nitrogens with one attached hydrogen (secondary N) is 2. The predicted molar refractivity (Wildman–Crippen MR) is 96.5 cm³/mol. The van der Waals surface area contributed by atoms with E-state index in [0.717, 1.165) is 18.6 Å². The van der Waals surface area contributed by atoms with Crippen molar-refractivity contribution in [1.29, 1.82) is 0 Å². The zero-order valence-electron chi connectivity index (χ0n) is 14.3. The molecule has 1 amide bonds. The van der Waals surface area contributed by atoms with Gasteiger partial charge in [-0.2, -0.15) is 0 Å². The Balaban J connectivity index is 1.58. The number of methoxy groups -OCH3 is 1. The molecule has 0 saturated carbocycles. The molecule has 0 spiro atoms. The molecule has 0 saturated heterocycles. The van der Waals surface area contributed by atoms with Crippen molar-refractivity contribution in [3.63, 3.8) is 0 Å². The van der Waals surface area contributed by atoms with Crippen LogP contribution in [-0.4, -0.2) is 24.0 Å². The minimum absolute atomic E-state index is 0.00543. The summed E-state index contributed by atoms with van der Waals surface area (Å²) < 4.78 is 18.9. The molecule has 3 aromatic rings. The van der Waals surface area contributed by atoms with Gasteiger partial charge in [-0.3, -0.25) is 4.79 Å². The summed E-state index contributed by atoms with van der Waals surface area (Å²) in [4.78, 5) is 15.3. The average Bonchev–Trinajstić information content (AvgIpc) is 3.06. The van der Waals surface area contributed by atoms with Crippen LogP contribution >= 0.6 is 0 Å². The summed E-state index contributed by atoms with van der Waals surface area (Å²) in [5.74, 6) is 0.273. The van der Waals surface area contributed by atoms with Gasteiger partial charge in [-0.05, 0) is 55.7 Å². The summed E-state index contributed by atoms with van der Waals surface area (Å²) in [6.45, 7) is 1.96. The van der Waals surface area contributed by atoms with Crippen molar-refractivity contribution in [2.45, 2.75) is 25.8 Å². The molecule has 0 aliphatic carbocycles. The third-order valence-corrected chi connectivity index (χ3v) is 4.26. The van der Waals surface area contributed by atoms with E-state index in [0.29, 0.717) is 16.6 Å². The minimum Gasteiger partial charge on any atom is -0.497 e. The molecule has 2 N–H and O–H groups in total. The Morgan fingerprint density at radius 2 is 2.00 bits per heavy atom. The van der Waals surface area contributed by atoms with E-state index >= 15 is 0 Å². The number of carbonyl (C=O) groups is 1. The zero-order valence-corrected chi connectivity index (χ0v) is 14.3. The van der Waals surface area contributed by atoms with Crippen molar-refractivity contribution < 1.29 is 13.9 Å². The van der Waals surface area contributed by atoms with Crippen LogP contribution in [0.4, 0.5) is 4.39 Å². The van der Waals surface area contributed by atoms with Crippen LogP contribution in [0, 0.1) is 5.82 Å². The van der Waals surface area contributed by atoms with Crippen molar-refractivity contribution in [3.05, 3.63) is 65.6 Å². The van der Waals surface area contributed by atoms with Gasteiger partial charge in [0.1, 0.15) is 17.3 Å². The van der Waals surface area contributed by atoms with Gasteiger partial charge in [0.05, 0.1) is 7.11 Å². The van der Waals surface area contributed by atoms with E-state index < -0.39 is 0 Å². The van der Waals surface area contributed by atoms with Crippen LogP contribution in [0.2, 0.25) is 0 Å². The largest absolute Gasteiger partial charge is 0.497 e. The number of carbonyl (C=O) groups excluding carboxylic acids is 1. The van der Waals surface area contributed by atoms with Crippen molar-refractivity contribution in [1.82, 2.24) is 10.3 Å². The van der Waals surface area contributed by atoms with Gasteiger partial charge in [0.25, 0.3) is 5.91 Å². The molecule has 3 rings (SSSR count). The highest BCUT2D eigenvalue weighted by Gasteiger charge is 2.14.